The van der Waals surface area contributed by atoms with Gasteiger partial charge in [0.05, 0.1) is 12.7 Å². The molecule has 5 nitrogen and oxygen atoms in total. The summed E-state index contributed by atoms with van der Waals surface area (Å²) in [7, 11) is 0. The number of ether oxygens (including phenoxy) is 1. The standard InChI is InChI=1S/C11H17NO4.Na.H/c1-4-16-10(15)11(7-12,9(13)14)6-5-8(2)3;;/h8H,4-6H2,1-3H3,(H,13,14);;/q;+1;-1. The van der Waals surface area contributed by atoms with Crippen molar-refractivity contribution < 1.29 is 50.4 Å². The number of carbonyl (C=O) groups excluding carboxylic acids is 1. The molecule has 0 saturated heterocycles. The van der Waals surface area contributed by atoms with Crippen LogP contribution in [-0.4, -0.2) is 23.7 Å². The van der Waals surface area contributed by atoms with Gasteiger partial charge in [-0.25, -0.2) is 9.59 Å². The number of carboxylic acid groups (broad SMARTS) is 1. The predicted octanol–water partition coefficient (Wildman–Crippen LogP) is -1.30. The van der Waals surface area contributed by atoms with Crippen molar-refractivity contribution in [3.8, 4) is 6.07 Å². The fourth-order valence-corrected chi connectivity index (χ4v) is 1.21. The average molecular weight is 251 g/mol. The Kier molecular flexibility index (Phi) is 9.40. The van der Waals surface area contributed by atoms with E-state index in [1.54, 1.807) is 13.0 Å². The van der Waals surface area contributed by atoms with Gasteiger partial charge < -0.3 is 11.3 Å². The minimum absolute atomic E-state index is 0. The van der Waals surface area contributed by atoms with E-state index in [-0.39, 0.29) is 49.9 Å². The van der Waals surface area contributed by atoms with Crippen molar-refractivity contribution in [3.05, 3.63) is 0 Å². The van der Waals surface area contributed by atoms with Crippen LogP contribution in [0.4, 0.5) is 0 Å². The second-order valence-corrected chi connectivity index (χ2v) is 3.98. The summed E-state index contributed by atoms with van der Waals surface area (Å²) < 4.78 is 4.65. The monoisotopic (exact) mass is 251 g/mol. The van der Waals surface area contributed by atoms with E-state index in [1.165, 1.54) is 0 Å². The van der Waals surface area contributed by atoms with Crippen LogP contribution < -0.4 is 29.6 Å². The van der Waals surface area contributed by atoms with Gasteiger partial charge in [-0.15, -0.1) is 0 Å². The normalized spacial score (nSPS) is 13.1. The first kappa shape index (κ1) is 18.8. The van der Waals surface area contributed by atoms with Crippen LogP contribution in [0, 0.1) is 22.7 Å². The molecule has 1 N–H and O–H groups in total. The molecule has 0 aliphatic rings. The van der Waals surface area contributed by atoms with Gasteiger partial charge in [-0.2, -0.15) is 5.26 Å². The minimum atomic E-state index is -2.06. The molecular weight excluding hydrogens is 233 g/mol. The third kappa shape index (κ3) is 5.07. The molecule has 0 radical (unpaired) electrons. The zero-order valence-corrected chi connectivity index (χ0v) is 12.8. The smallest absolute Gasteiger partial charge is 1.00 e. The maximum absolute atomic E-state index is 11.5. The number of esters is 1. The van der Waals surface area contributed by atoms with Crippen LogP contribution in [-0.2, 0) is 14.3 Å². The summed E-state index contributed by atoms with van der Waals surface area (Å²) in [6, 6.07) is 1.58. The SMILES string of the molecule is CCOC(=O)C(C#N)(CCC(C)C)C(=O)O.[H-].[Na+]. The van der Waals surface area contributed by atoms with Crippen molar-refractivity contribution in [1.82, 2.24) is 0 Å². The Morgan fingerprint density at radius 3 is 2.35 bits per heavy atom. The quantitative estimate of drug-likeness (QED) is 0.360. The van der Waals surface area contributed by atoms with Gasteiger partial charge in [0.25, 0.3) is 0 Å². The first-order chi connectivity index (χ1) is 7.40. The van der Waals surface area contributed by atoms with E-state index in [0.717, 1.165) is 0 Å². The van der Waals surface area contributed by atoms with E-state index in [2.05, 4.69) is 4.74 Å². The molecule has 17 heavy (non-hydrogen) atoms. The summed E-state index contributed by atoms with van der Waals surface area (Å²) in [6.45, 7) is 5.44. The van der Waals surface area contributed by atoms with Gasteiger partial charge in [0.2, 0.25) is 5.41 Å². The summed E-state index contributed by atoms with van der Waals surface area (Å²) >= 11 is 0. The molecule has 92 valence electrons. The molecule has 0 heterocycles. The molecule has 0 spiro atoms. The van der Waals surface area contributed by atoms with Crippen LogP contribution in [0.3, 0.4) is 0 Å². The fraction of sp³-hybridized carbons (Fsp3) is 0.727. The summed E-state index contributed by atoms with van der Waals surface area (Å²) in [5.41, 5.74) is -2.06. The molecule has 0 aromatic heterocycles. The van der Waals surface area contributed by atoms with Crippen molar-refractivity contribution in [2.45, 2.75) is 33.6 Å². The molecule has 0 saturated carbocycles. The predicted molar refractivity (Wildman–Crippen MR) is 57.5 cm³/mol. The van der Waals surface area contributed by atoms with Gasteiger partial charge >= 0.3 is 41.5 Å². The Bertz CT molecular complexity index is 317. The molecule has 0 rings (SSSR count). The van der Waals surface area contributed by atoms with Crippen LogP contribution >= 0.6 is 0 Å². The van der Waals surface area contributed by atoms with Crippen molar-refractivity contribution in [2.24, 2.45) is 11.3 Å². The third-order valence-corrected chi connectivity index (χ3v) is 2.28. The molecule has 0 amide bonds. The van der Waals surface area contributed by atoms with E-state index in [1.807, 2.05) is 13.8 Å². The topological polar surface area (TPSA) is 87.4 Å². The number of aliphatic carboxylic acids is 1. The second kappa shape index (κ2) is 8.51. The fourth-order valence-electron chi connectivity index (χ4n) is 1.21. The van der Waals surface area contributed by atoms with E-state index in [9.17, 15) is 9.59 Å². The van der Waals surface area contributed by atoms with Gasteiger partial charge in [-0.3, -0.25) is 0 Å². The largest absolute Gasteiger partial charge is 1.00 e. The molecule has 6 heteroatoms. The molecule has 1 unspecified atom stereocenters. The Morgan fingerprint density at radius 1 is 1.53 bits per heavy atom. The minimum Gasteiger partial charge on any atom is -1.00 e. The van der Waals surface area contributed by atoms with E-state index < -0.39 is 17.4 Å². The number of hydrogen-bond acceptors (Lipinski definition) is 4. The van der Waals surface area contributed by atoms with E-state index >= 15 is 0 Å². The number of nitriles is 1. The molecule has 0 aromatic carbocycles. The van der Waals surface area contributed by atoms with Crippen LogP contribution in [0.15, 0.2) is 0 Å². The number of carboxylic acids is 1. The van der Waals surface area contributed by atoms with Crippen LogP contribution in [0.5, 0.6) is 0 Å². The number of carbonyl (C=O) groups is 2. The number of rotatable bonds is 6. The maximum atomic E-state index is 11.5. The van der Waals surface area contributed by atoms with E-state index in [4.69, 9.17) is 10.4 Å². The Hall–Kier alpha value is -0.570. The maximum Gasteiger partial charge on any atom is 1.00 e. The molecule has 0 bridgehead atoms. The molecule has 0 aliphatic carbocycles. The zero-order valence-electron chi connectivity index (χ0n) is 11.8. The van der Waals surface area contributed by atoms with Gasteiger partial charge in [0, 0.05) is 0 Å². The molecule has 0 fully saturated rings. The van der Waals surface area contributed by atoms with Gasteiger partial charge in [-0.05, 0) is 25.7 Å². The third-order valence-electron chi connectivity index (χ3n) is 2.28. The van der Waals surface area contributed by atoms with Crippen molar-refractivity contribution in [3.63, 3.8) is 0 Å². The Labute approximate surface area is 125 Å². The van der Waals surface area contributed by atoms with Crippen molar-refractivity contribution in [1.29, 1.82) is 5.26 Å². The van der Waals surface area contributed by atoms with E-state index in [0.29, 0.717) is 6.42 Å². The van der Waals surface area contributed by atoms with Crippen molar-refractivity contribution >= 4 is 11.9 Å². The Morgan fingerprint density at radius 2 is 2.06 bits per heavy atom. The number of nitrogens with zero attached hydrogens (tertiary/aromatic N) is 1. The first-order valence-corrected chi connectivity index (χ1v) is 5.22. The molecule has 0 aliphatic heterocycles. The van der Waals surface area contributed by atoms with Gasteiger partial charge in [0.1, 0.15) is 0 Å². The number of hydrogen-bond donors (Lipinski definition) is 1. The van der Waals surface area contributed by atoms with Crippen LogP contribution in [0.1, 0.15) is 35.0 Å². The average Bonchev–Trinajstić information content (AvgIpc) is 2.18. The first-order valence-electron chi connectivity index (χ1n) is 5.22. The van der Waals surface area contributed by atoms with Crippen LogP contribution in [0.2, 0.25) is 0 Å². The summed E-state index contributed by atoms with van der Waals surface area (Å²) in [5, 5.41) is 17.9. The second-order valence-electron chi connectivity index (χ2n) is 3.98. The van der Waals surface area contributed by atoms with Crippen molar-refractivity contribution in [2.75, 3.05) is 6.61 Å². The zero-order chi connectivity index (χ0) is 12.8. The summed E-state index contributed by atoms with van der Waals surface area (Å²) in [5.74, 6) is -2.18. The van der Waals surface area contributed by atoms with Crippen LogP contribution in [0.25, 0.3) is 0 Å². The molecule has 1 atom stereocenters. The van der Waals surface area contributed by atoms with Gasteiger partial charge in [0.15, 0.2) is 0 Å². The summed E-state index contributed by atoms with van der Waals surface area (Å²) in [6.07, 6.45) is 0.466. The summed E-state index contributed by atoms with van der Waals surface area (Å²) in [4.78, 5) is 22.6. The Balaban J connectivity index is -0.00000112. The van der Waals surface area contributed by atoms with Gasteiger partial charge in [-0.1, -0.05) is 13.8 Å². The molecular formula is C11H18NNaO4. The molecule has 0 aromatic rings.